The molecule has 0 unspecified atom stereocenters. The van der Waals surface area contributed by atoms with E-state index in [1.54, 1.807) is 0 Å². The van der Waals surface area contributed by atoms with Crippen LogP contribution in [0.1, 0.15) is 45.6 Å². The summed E-state index contributed by atoms with van der Waals surface area (Å²) in [4.78, 5) is 4.04. The van der Waals surface area contributed by atoms with Gasteiger partial charge in [0.25, 0.3) is 0 Å². The molecule has 2 nitrogen and oxygen atoms in total. The number of aryl methyl sites for hydroxylation is 1. The second kappa shape index (κ2) is 7.20. The highest BCUT2D eigenvalue weighted by molar-refractivity contribution is 6.74. The molecule has 0 aliphatic carbocycles. The van der Waals surface area contributed by atoms with E-state index in [4.69, 9.17) is 4.43 Å². The minimum Gasteiger partial charge on any atom is -0.565 e. The molecule has 0 aromatic carbocycles. The van der Waals surface area contributed by atoms with E-state index >= 15 is 0 Å². The third kappa shape index (κ3) is 5.87. The molecule has 0 N–H and O–H groups in total. The lowest BCUT2D eigenvalue weighted by molar-refractivity contribution is 0.278. The summed E-state index contributed by atoms with van der Waals surface area (Å²) in [5.41, 5.74) is 1.39. The van der Waals surface area contributed by atoms with Crippen LogP contribution in [0.2, 0.25) is 18.1 Å². The summed E-state index contributed by atoms with van der Waals surface area (Å²) in [6, 6.07) is 4.21. The van der Waals surface area contributed by atoms with Gasteiger partial charge in [-0.1, -0.05) is 27.2 Å². The maximum atomic E-state index is 6.18. The van der Waals surface area contributed by atoms with Crippen molar-refractivity contribution in [3.63, 3.8) is 0 Å². The molecule has 0 saturated heterocycles. The van der Waals surface area contributed by atoms with Crippen LogP contribution in [-0.4, -0.2) is 19.9 Å². The Hall–Kier alpha value is -0.673. The van der Waals surface area contributed by atoms with Crippen molar-refractivity contribution in [2.45, 2.75) is 64.6 Å². The Balaban J connectivity index is 2.12. The molecule has 0 amide bonds. The average molecular weight is 279 g/mol. The van der Waals surface area contributed by atoms with Crippen molar-refractivity contribution < 1.29 is 4.43 Å². The molecule has 1 aromatic heterocycles. The number of nitrogens with zero attached hydrogens (tertiary/aromatic N) is 1. The van der Waals surface area contributed by atoms with Gasteiger partial charge < -0.3 is 4.43 Å². The topological polar surface area (TPSA) is 22.1 Å². The van der Waals surface area contributed by atoms with E-state index in [1.165, 1.54) is 24.8 Å². The summed E-state index contributed by atoms with van der Waals surface area (Å²) in [6.07, 6.45) is 8.56. The van der Waals surface area contributed by atoms with Crippen molar-refractivity contribution in [3.8, 4) is 0 Å². The molecule has 1 rings (SSSR count). The average Bonchev–Trinajstić information content (AvgIpc) is 2.33. The van der Waals surface area contributed by atoms with E-state index in [-0.39, 0.29) is 0 Å². The van der Waals surface area contributed by atoms with E-state index in [0.717, 1.165) is 13.0 Å². The Morgan fingerprint density at radius 2 is 1.68 bits per heavy atom. The summed E-state index contributed by atoms with van der Waals surface area (Å²) in [7, 11) is -1.54. The van der Waals surface area contributed by atoms with Gasteiger partial charge in [-0.15, -0.1) is 18.1 Å². The molecular formula is C16H29NOSi-. The summed E-state index contributed by atoms with van der Waals surface area (Å²) in [5.74, 6) is 0. The Bertz CT molecular complexity index is 357. The quantitative estimate of drug-likeness (QED) is 0.527. The predicted octanol–water partition coefficient (Wildman–Crippen LogP) is 4.82. The minimum atomic E-state index is -1.54. The third-order valence-corrected chi connectivity index (χ3v) is 8.67. The zero-order valence-corrected chi connectivity index (χ0v) is 14.2. The van der Waals surface area contributed by atoms with Crippen LogP contribution in [0.5, 0.6) is 0 Å². The lowest BCUT2D eigenvalue weighted by atomic mass is 10.1. The monoisotopic (exact) mass is 279 g/mol. The van der Waals surface area contributed by atoms with E-state index in [1.807, 2.05) is 12.4 Å². The molecule has 109 valence electrons. The molecule has 1 heterocycles. The Morgan fingerprint density at radius 1 is 1.05 bits per heavy atom. The maximum Gasteiger partial charge on any atom is 0.0270 e. The minimum absolute atomic E-state index is 0.323. The number of hydrogen-bond acceptors (Lipinski definition) is 2. The molecule has 3 heteroatoms. The summed E-state index contributed by atoms with van der Waals surface area (Å²) in [6.45, 7) is 12.5. The lowest BCUT2D eigenvalue weighted by Gasteiger charge is -2.48. The first-order valence-corrected chi connectivity index (χ1v) is 10.3. The first-order valence-electron chi connectivity index (χ1n) is 7.36. The second-order valence-corrected chi connectivity index (χ2v) is 11.6. The van der Waals surface area contributed by atoms with Gasteiger partial charge in [0.1, 0.15) is 0 Å². The van der Waals surface area contributed by atoms with Crippen molar-refractivity contribution >= 4 is 8.32 Å². The van der Waals surface area contributed by atoms with Gasteiger partial charge in [0.05, 0.1) is 0 Å². The normalized spacial score (nSPS) is 12.7. The first-order chi connectivity index (χ1) is 8.83. The van der Waals surface area contributed by atoms with Crippen molar-refractivity contribution in [2.24, 2.45) is 0 Å². The Kier molecular flexibility index (Phi) is 6.21. The van der Waals surface area contributed by atoms with Gasteiger partial charge in [0.2, 0.25) is 0 Å². The first kappa shape index (κ1) is 16.4. The van der Waals surface area contributed by atoms with Gasteiger partial charge in [0.15, 0.2) is 0 Å². The molecule has 0 fully saturated rings. The van der Waals surface area contributed by atoms with Crippen LogP contribution in [0.4, 0.5) is 0 Å². The summed E-state index contributed by atoms with van der Waals surface area (Å²) in [5, 5.41) is 0.323. The molecular weight excluding hydrogens is 250 g/mol. The van der Waals surface area contributed by atoms with Crippen LogP contribution in [0.25, 0.3) is 0 Å². The number of hydrogen-bond donors (Lipinski definition) is 0. The largest absolute Gasteiger partial charge is 0.565 e. The summed E-state index contributed by atoms with van der Waals surface area (Å²) >= 11 is 0. The highest BCUT2D eigenvalue weighted by Gasteiger charge is 2.24. The second-order valence-electron chi connectivity index (χ2n) is 6.77. The van der Waals surface area contributed by atoms with E-state index in [2.05, 4.69) is 51.0 Å². The molecule has 0 radical (unpaired) electrons. The zero-order valence-electron chi connectivity index (χ0n) is 13.2. The fourth-order valence-electron chi connectivity index (χ4n) is 1.70. The maximum absolute atomic E-state index is 6.18. The summed E-state index contributed by atoms with van der Waals surface area (Å²) < 4.78 is 6.18. The molecule has 0 spiro atoms. The number of unbranched alkanes of at least 4 members (excludes halogenated alkanes) is 2. The Labute approximate surface area is 119 Å². The van der Waals surface area contributed by atoms with Gasteiger partial charge in [-0.3, -0.25) is 4.98 Å². The predicted molar refractivity (Wildman–Crippen MR) is 84.9 cm³/mol. The molecule has 0 aliphatic rings. The van der Waals surface area contributed by atoms with Gasteiger partial charge >= 0.3 is 0 Å². The van der Waals surface area contributed by atoms with E-state index in [9.17, 15) is 0 Å². The van der Waals surface area contributed by atoms with Crippen molar-refractivity contribution in [1.29, 1.82) is 0 Å². The van der Waals surface area contributed by atoms with E-state index < -0.39 is 8.32 Å². The number of pyridine rings is 1. The zero-order chi connectivity index (χ0) is 14.4. The molecule has 0 bridgehead atoms. The Morgan fingerprint density at radius 3 is 2.26 bits per heavy atom. The van der Waals surface area contributed by atoms with E-state index in [0.29, 0.717) is 5.04 Å². The van der Waals surface area contributed by atoms with Gasteiger partial charge in [0, 0.05) is 19.0 Å². The van der Waals surface area contributed by atoms with Gasteiger partial charge in [-0.2, -0.15) is 0 Å². The highest BCUT2D eigenvalue weighted by atomic mass is 28.4. The SMILES string of the molecule is CC(C)(C)[Si-](C)(C)OCCCCCc1ccncc1. The van der Waals surface area contributed by atoms with Gasteiger partial charge in [-0.25, -0.2) is 0 Å². The third-order valence-electron chi connectivity index (χ3n) is 4.13. The number of rotatable bonds is 7. The van der Waals surface area contributed by atoms with Crippen LogP contribution in [0, 0.1) is 0 Å². The van der Waals surface area contributed by atoms with Crippen molar-refractivity contribution in [2.75, 3.05) is 6.61 Å². The molecule has 19 heavy (non-hydrogen) atoms. The molecule has 0 aliphatic heterocycles. The molecule has 1 aromatic rings. The fraction of sp³-hybridized carbons (Fsp3) is 0.688. The van der Waals surface area contributed by atoms with Gasteiger partial charge in [-0.05, 0) is 45.3 Å². The van der Waals surface area contributed by atoms with Crippen LogP contribution in [0.3, 0.4) is 0 Å². The number of aromatic nitrogens is 1. The van der Waals surface area contributed by atoms with Crippen LogP contribution in [-0.2, 0) is 10.8 Å². The fourth-order valence-corrected chi connectivity index (χ4v) is 2.79. The highest BCUT2D eigenvalue weighted by Crippen LogP contribution is 2.36. The lowest BCUT2D eigenvalue weighted by Crippen LogP contribution is -2.40. The molecule has 0 saturated carbocycles. The van der Waals surface area contributed by atoms with Crippen LogP contribution >= 0.6 is 0 Å². The standard InChI is InChI=1S/C16H29NOSi/c1-16(2,3)19(4,5)18-14-8-6-7-9-15-10-12-17-13-11-15/h10-13H,6-9,14H2,1-5H3/q-1. The smallest absolute Gasteiger partial charge is 0.0270 e. The van der Waals surface area contributed by atoms with Crippen LogP contribution in [0.15, 0.2) is 24.5 Å². The van der Waals surface area contributed by atoms with Crippen LogP contribution < -0.4 is 0 Å². The van der Waals surface area contributed by atoms with Crippen molar-refractivity contribution in [1.82, 2.24) is 4.98 Å². The molecule has 0 atom stereocenters. The van der Waals surface area contributed by atoms with Crippen molar-refractivity contribution in [3.05, 3.63) is 30.1 Å².